The van der Waals surface area contributed by atoms with Crippen LogP contribution in [0, 0.1) is 11.7 Å². The molecule has 0 radical (unpaired) electrons. The summed E-state index contributed by atoms with van der Waals surface area (Å²) in [5, 5.41) is 0. The highest BCUT2D eigenvalue weighted by molar-refractivity contribution is 5.95. The van der Waals surface area contributed by atoms with Crippen molar-refractivity contribution in [1.82, 2.24) is 9.97 Å². The predicted molar refractivity (Wildman–Crippen MR) is 106 cm³/mol. The number of nitrogens with two attached hydrogens (primary N) is 1. The second-order valence-electron chi connectivity index (χ2n) is 7.64. The number of Topliss-reactive ketones (excluding diaryl/α,β-unsaturated/α-hetero) is 1. The molecular weight excluding hydrogens is 429 g/mol. The molecule has 2 N–H and O–H groups in total. The molecule has 4 rings (SSSR count). The van der Waals surface area contributed by atoms with Crippen molar-refractivity contribution in [2.45, 2.75) is 31.1 Å². The zero-order valence-electron chi connectivity index (χ0n) is 17.1. The minimum atomic E-state index is -1.63. The largest absolute Gasteiger partial charge is 0.459 e. The molecule has 1 aromatic heterocycles. The third kappa shape index (κ3) is 3.88. The smallest absolute Gasteiger partial charge is 0.283 e. The summed E-state index contributed by atoms with van der Waals surface area (Å²) in [4.78, 5) is 24.5. The molecule has 170 valence electrons. The molecule has 0 saturated carbocycles. The van der Waals surface area contributed by atoms with Gasteiger partial charge in [-0.25, -0.2) is 28.1 Å². The Bertz CT molecular complexity index is 1040. The third-order valence-electron chi connectivity index (χ3n) is 5.76. The predicted octanol–water partition coefficient (Wildman–Crippen LogP) is 2.26. The summed E-state index contributed by atoms with van der Waals surface area (Å²) in [6.07, 6.45) is 1.20. The number of aliphatic imine (C=N–C) groups is 1. The number of rotatable bonds is 7. The number of carbonyl (C=O) groups excluding carboxylic acids is 1. The number of ketones is 1. The fourth-order valence-corrected chi connectivity index (χ4v) is 4.15. The highest BCUT2D eigenvalue weighted by atomic mass is 19.1. The number of nitrogens with zero attached hydrogens (tertiary/aromatic N) is 3. The molecule has 1 saturated heterocycles. The van der Waals surface area contributed by atoms with Crippen molar-refractivity contribution in [3.05, 3.63) is 53.2 Å². The Hall–Kier alpha value is -3.21. The fraction of sp³-hybridized carbons (Fsp3) is 0.429. The Labute approximate surface area is 181 Å². The Morgan fingerprint density at radius 1 is 1.31 bits per heavy atom. The maximum absolute atomic E-state index is 14.9. The van der Waals surface area contributed by atoms with Crippen LogP contribution >= 0.6 is 0 Å². The van der Waals surface area contributed by atoms with E-state index in [4.69, 9.17) is 15.2 Å². The third-order valence-corrected chi connectivity index (χ3v) is 5.76. The fourth-order valence-electron chi connectivity index (χ4n) is 4.15. The number of halogens is 3. The van der Waals surface area contributed by atoms with Crippen LogP contribution in [0.4, 0.5) is 13.2 Å². The van der Waals surface area contributed by atoms with Crippen LogP contribution < -0.4 is 10.5 Å². The van der Waals surface area contributed by atoms with Gasteiger partial charge < -0.3 is 19.9 Å². The van der Waals surface area contributed by atoms with Gasteiger partial charge in [-0.15, -0.1) is 0 Å². The van der Waals surface area contributed by atoms with E-state index in [1.807, 2.05) is 0 Å². The van der Waals surface area contributed by atoms with Crippen molar-refractivity contribution >= 4 is 11.8 Å². The first-order chi connectivity index (χ1) is 15.4. The van der Waals surface area contributed by atoms with Gasteiger partial charge in [0.2, 0.25) is 12.7 Å². The van der Waals surface area contributed by atoms with E-state index in [1.165, 1.54) is 12.1 Å². The average molecular weight is 450 g/mol. The number of fused-ring (bicyclic) bond motifs is 1. The van der Waals surface area contributed by atoms with Crippen LogP contribution in [0.2, 0.25) is 0 Å². The Morgan fingerprint density at radius 2 is 2.12 bits per heavy atom. The lowest BCUT2D eigenvalue weighted by Gasteiger charge is -2.40. The van der Waals surface area contributed by atoms with Crippen molar-refractivity contribution in [2.75, 3.05) is 20.1 Å². The van der Waals surface area contributed by atoms with Crippen molar-refractivity contribution in [3.63, 3.8) is 0 Å². The molecule has 0 aliphatic carbocycles. The molecule has 2 aromatic rings. The van der Waals surface area contributed by atoms with E-state index >= 15 is 0 Å². The molecule has 2 aliphatic heterocycles. The summed E-state index contributed by atoms with van der Waals surface area (Å²) in [5.74, 6) is -1.75. The summed E-state index contributed by atoms with van der Waals surface area (Å²) >= 11 is 0. The molecule has 0 amide bonds. The number of ether oxygens (including phenoxy) is 3. The van der Waals surface area contributed by atoms with Crippen molar-refractivity contribution in [3.8, 4) is 5.88 Å². The monoisotopic (exact) mass is 450 g/mol. The number of alkyl halides is 2. The second-order valence-corrected chi connectivity index (χ2v) is 7.64. The van der Waals surface area contributed by atoms with Crippen LogP contribution in [-0.2, 0) is 21.4 Å². The molecular formula is C21H21F3N4O4. The first-order valence-electron chi connectivity index (χ1n) is 9.90. The standard InChI is InChI=1S/C21H21F3N4O4/c1-11-19-14(8-30-11)21(9-22,28-20(25)32-19)13-4-12(2-3-15(13)24)5-17(29)16-6-27-18(7-26-16)31-10-23/h2-4,6-7,11,14,19H,5,8-10H2,1H3,(H2,25,28)/t11-,14-,19+,21+/m0/s1. The SMILES string of the molecule is C[C@@H]1OC[C@H]2[C@@H]1OC(N)=N[C@]2(CF)c1cc(CC(=O)c2cnc(OCF)cn2)ccc1F. The van der Waals surface area contributed by atoms with Crippen LogP contribution in [0.3, 0.4) is 0 Å². The number of benzene rings is 1. The molecule has 0 unspecified atom stereocenters. The van der Waals surface area contributed by atoms with Gasteiger partial charge in [0.25, 0.3) is 6.02 Å². The van der Waals surface area contributed by atoms with E-state index < -0.39 is 42.7 Å². The molecule has 1 fully saturated rings. The molecule has 32 heavy (non-hydrogen) atoms. The maximum Gasteiger partial charge on any atom is 0.283 e. The van der Waals surface area contributed by atoms with Crippen LogP contribution in [0.25, 0.3) is 0 Å². The van der Waals surface area contributed by atoms with Gasteiger partial charge in [0.15, 0.2) is 5.78 Å². The minimum Gasteiger partial charge on any atom is -0.459 e. The number of amidine groups is 1. The van der Waals surface area contributed by atoms with E-state index in [0.717, 1.165) is 18.5 Å². The highest BCUT2D eigenvalue weighted by Crippen LogP contribution is 2.45. The van der Waals surface area contributed by atoms with E-state index in [0.29, 0.717) is 5.56 Å². The summed E-state index contributed by atoms with van der Waals surface area (Å²) in [6.45, 7) is -0.203. The lowest BCUT2D eigenvalue weighted by Crippen LogP contribution is -2.51. The first-order valence-corrected chi connectivity index (χ1v) is 9.90. The van der Waals surface area contributed by atoms with Crippen molar-refractivity contribution in [2.24, 2.45) is 16.6 Å². The van der Waals surface area contributed by atoms with Crippen molar-refractivity contribution < 1.29 is 32.2 Å². The van der Waals surface area contributed by atoms with Gasteiger partial charge >= 0.3 is 0 Å². The van der Waals surface area contributed by atoms with Gasteiger partial charge in [0.05, 0.1) is 31.0 Å². The average Bonchev–Trinajstić information content (AvgIpc) is 3.16. The highest BCUT2D eigenvalue weighted by Gasteiger charge is 2.55. The Morgan fingerprint density at radius 3 is 2.81 bits per heavy atom. The topological polar surface area (TPSA) is 109 Å². The van der Waals surface area contributed by atoms with Gasteiger partial charge in [-0.05, 0) is 24.6 Å². The van der Waals surface area contributed by atoms with Crippen LogP contribution in [0.1, 0.15) is 28.5 Å². The summed E-state index contributed by atoms with van der Waals surface area (Å²) < 4.78 is 57.3. The first kappa shape index (κ1) is 22.0. The maximum atomic E-state index is 14.9. The summed E-state index contributed by atoms with van der Waals surface area (Å²) in [5.41, 5.74) is 4.59. The van der Waals surface area contributed by atoms with Gasteiger partial charge in [-0.2, -0.15) is 0 Å². The normalized spacial score (nSPS) is 26.8. The molecule has 0 spiro atoms. The van der Waals surface area contributed by atoms with Crippen LogP contribution in [0.15, 0.2) is 35.6 Å². The number of hydrogen-bond donors (Lipinski definition) is 1. The quantitative estimate of drug-likeness (QED) is 0.645. The Kier molecular flexibility index (Phi) is 6.00. The molecule has 4 atom stereocenters. The van der Waals surface area contributed by atoms with Gasteiger partial charge in [-0.1, -0.05) is 6.07 Å². The minimum absolute atomic E-state index is 0.0219. The van der Waals surface area contributed by atoms with Gasteiger partial charge in [0.1, 0.15) is 29.8 Å². The zero-order valence-corrected chi connectivity index (χ0v) is 17.1. The summed E-state index contributed by atoms with van der Waals surface area (Å²) in [7, 11) is 0. The van der Waals surface area contributed by atoms with Gasteiger partial charge in [-0.3, -0.25) is 4.79 Å². The molecule has 3 heterocycles. The lowest BCUT2D eigenvalue weighted by molar-refractivity contribution is 0.0334. The van der Waals surface area contributed by atoms with Crippen molar-refractivity contribution in [1.29, 1.82) is 0 Å². The van der Waals surface area contributed by atoms with Gasteiger partial charge in [0, 0.05) is 12.0 Å². The second kappa shape index (κ2) is 8.73. The van der Waals surface area contributed by atoms with Crippen LogP contribution in [0.5, 0.6) is 5.88 Å². The zero-order chi connectivity index (χ0) is 22.9. The number of aromatic nitrogens is 2. The lowest BCUT2D eigenvalue weighted by atomic mass is 9.75. The molecule has 8 nitrogen and oxygen atoms in total. The van der Waals surface area contributed by atoms with E-state index in [1.54, 1.807) is 6.92 Å². The number of hydrogen-bond acceptors (Lipinski definition) is 8. The number of carbonyl (C=O) groups is 1. The molecule has 11 heteroatoms. The molecule has 2 aliphatic rings. The molecule has 0 bridgehead atoms. The van der Waals surface area contributed by atoms with E-state index in [2.05, 4.69) is 19.7 Å². The van der Waals surface area contributed by atoms with Crippen LogP contribution in [-0.4, -0.2) is 54.1 Å². The molecule has 1 aromatic carbocycles. The van der Waals surface area contributed by atoms with E-state index in [9.17, 15) is 18.0 Å². The van der Waals surface area contributed by atoms with E-state index in [-0.39, 0.29) is 42.3 Å². The Balaban J connectivity index is 1.65. The summed E-state index contributed by atoms with van der Waals surface area (Å²) in [6, 6.07) is 3.75.